The first-order valence-electron chi connectivity index (χ1n) is 8.73. The van der Waals surface area contributed by atoms with Gasteiger partial charge in [-0.2, -0.15) is 0 Å². The minimum atomic E-state index is -0.407. The quantitative estimate of drug-likeness (QED) is 0.649. The number of nitrogens with zero attached hydrogens (tertiary/aromatic N) is 1. The lowest BCUT2D eigenvalue weighted by Crippen LogP contribution is -2.33. The molecule has 1 aromatic heterocycles. The molecule has 2 heterocycles. The maximum absolute atomic E-state index is 13.1. The third kappa shape index (κ3) is 4.69. The summed E-state index contributed by atoms with van der Waals surface area (Å²) in [4.78, 5) is 28.4. The van der Waals surface area contributed by atoms with Crippen LogP contribution in [-0.2, 0) is 16.0 Å². The van der Waals surface area contributed by atoms with E-state index in [0.29, 0.717) is 27.9 Å². The number of rotatable bonds is 6. The van der Waals surface area contributed by atoms with Crippen LogP contribution >= 0.6 is 11.3 Å². The van der Waals surface area contributed by atoms with Crippen LogP contribution in [-0.4, -0.2) is 30.1 Å². The fraction of sp³-hybridized carbons (Fsp3) is 0.150. The standard InChI is InChI=1S/C20H16FN3O4S/c21-14-3-1-2-12(6-14)7-18(25)22-9-19(26)24-20-23-15(10-29-20)13-4-5-16-17(8-13)28-11-27-16/h1-6,8,10H,7,9,11H2,(H,22,25)(H,23,24,26). The highest BCUT2D eigenvalue weighted by atomic mass is 32.1. The van der Waals surface area contributed by atoms with Crippen molar-refractivity contribution in [3.8, 4) is 22.8 Å². The Balaban J connectivity index is 1.29. The molecule has 4 rings (SSSR count). The minimum Gasteiger partial charge on any atom is -0.454 e. The molecule has 2 aromatic carbocycles. The summed E-state index contributed by atoms with van der Waals surface area (Å²) < 4.78 is 23.8. The highest BCUT2D eigenvalue weighted by molar-refractivity contribution is 7.14. The van der Waals surface area contributed by atoms with Gasteiger partial charge in [-0.1, -0.05) is 12.1 Å². The van der Waals surface area contributed by atoms with Crippen molar-refractivity contribution < 1.29 is 23.5 Å². The number of anilines is 1. The molecule has 0 radical (unpaired) electrons. The van der Waals surface area contributed by atoms with Gasteiger partial charge in [0, 0.05) is 10.9 Å². The zero-order chi connectivity index (χ0) is 20.2. The van der Waals surface area contributed by atoms with Crippen molar-refractivity contribution in [1.82, 2.24) is 10.3 Å². The summed E-state index contributed by atoms with van der Waals surface area (Å²) in [6.45, 7) is -0.00478. The normalized spacial score (nSPS) is 11.9. The number of ether oxygens (including phenoxy) is 2. The van der Waals surface area contributed by atoms with Crippen LogP contribution in [0.5, 0.6) is 11.5 Å². The number of nitrogens with one attached hydrogen (secondary N) is 2. The van der Waals surface area contributed by atoms with Crippen LogP contribution in [0.25, 0.3) is 11.3 Å². The predicted molar refractivity (Wildman–Crippen MR) is 105 cm³/mol. The average molecular weight is 413 g/mol. The number of halogens is 1. The molecule has 2 N–H and O–H groups in total. The molecule has 1 aliphatic heterocycles. The van der Waals surface area contributed by atoms with Gasteiger partial charge >= 0.3 is 0 Å². The van der Waals surface area contributed by atoms with Crippen LogP contribution in [0, 0.1) is 5.82 Å². The van der Waals surface area contributed by atoms with E-state index in [2.05, 4.69) is 15.6 Å². The summed E-state index contributed by atoms with van der Waals surface area (Å²) in [5.74, 6) is 0.166. The summed E-state index contributed by atoms with van der Waals surface area (Å²) >= 11 is 1.27. The molecule has 0 saturated carbocycles. The number of benzene rings is 2. The lowest BCUT2D eigenvalue weighted by molar-refractivity contribution is -0.123. The molecule has 0 fully saturated rings. The molecule has 0 bridgehead atoms. The largest absolute Gasteiger partial charge is 0.454 e. The van der Waals surface area contributed by atoms with Crippen LogP contribution in [0.4, 0.5) is 9.52 Å². The average Bonchev–Trinajstić information content (AvgIpc) is 3.35. The predicted octanol–water partition coefficient (Wildman–Crippen LogP) is 2.98. The van der Waals surface area contributed by atoms with E-state index >= 15 is 0 Å². The van der Waals surface area contributed by atoms with E-state index in [-0.39, 0.29) is 25.7 Å². The number of amides is 2. The molecule has 29 heavy (non-hydrogen) atoms. The number of hydrogen-bond donors (Lipinski definition) is 2. The van der Waals surface area contributed by atoms with Crippen molar-refractivity contribution in [3.05, 3.63) is 59.2 Å². The van der Waals surface area contributed by atoms with Crippen molar-refractivity contribution in [2.45, 2.75) is 6.42 Å². The Morgan fingerprint density at radius 2 is 1.97 bits per heavy atom. The second-order valence-corrected chi connectivity index (χ2v) is 7.10. The molecule has 3 aromatic rings. The molecule has 2 amide bonds. The van der Waals surface area contributed by atoms with Crippen LogP contribution < -0.4 is 20.1 Å². The smallest absolute Gasteiger partial charge is 0.245 e. The van der Waals surface area contributed by atoms with Gasteiger partial charge in [0.2, 0.25) is 18.6 Å². The Hall–Kier alpha value is -3.46. The molecular weight excluding hydrogens is 397 g/mol. The van der Waals surface area contributed by atoms with E-state index in [1.54, 1.807) is 6.07 Å². The van der Waals surface area contributed by atoms with E-state index in [1.807, 2.05) is 23.6 Å². The van der Waals surface area contributed by atoms with Crippen molar-refractivity contribution in [2.24, 2.45) is 0 Å². The van der Waals surface area contributed by atoms with E-state index < -0.39 is 11.7 Å². The first-order valence-corrected chi connectivity index (χ1v) is 9.61. The molecule has 0 unspecified atom stereocenters. The number of hydrogen-bond acceptors (Lipinski definition) is 6. The van der Waals surface area contributed by atoms with Gasteiger partial charge < -0.3 is 20.1 Å². The molecule has 9 heteroatoms. The summed E-state index contributed by atoms with van der Waals surface area (Å²) in [5, 5.41) is 7.39. The maximum Gasteiger partial charge on any atom is 0.245 e. The highest BCUT2D eigenvalue weighted by Crippen LogP contribution is 2.36. The minimum absolute atomic E-state index is 0.00342. The zero-order valence-corrected chi connectivity index (χ0v) is 15.9. The fourth-order valence-corrected chi connectivity index (χ4v) is 3.49. The molecule has 0 atom stereocenters. The van der Waals surface area contributed by atoms with Gasteiger partial charge in [-0.15, -0.1) is 11.3 Å². The Labute approximate surface area is 169 Å². The second-order valence-electron chi connectivity index (χ2n) is 6.24. The number of carbonyl (C=O) groups is 2. The fourth-order valence-electron chi connectivity index (χ4n) is 2.76. The third-order valence-corrected chi connectivity index (χ3v) is 4.88. The van der Waals surface area contributed by atoms with Gasteiger partial charge in [0.1, 0.15) is 5.82 Å². The molecule has 0 aliphatic carbocycles. The van der Waals surface area contributed by atoms with E-state index in [4.69, 9.17) is 9.47 Å². The molecule has 148 valence electrons. The van der Waals surface area contributed by atoms with Gasteiger partial charge in [-0.05, 0) is 35.9 Å². The van der Waals surface area contributed by atoms with Gasteiger partial charge in [0.25, 0.3) is 0 Å². The maximum atomic E-state index is 13.1. The Morgan fingerprint density at radius 1 is 1.10 bits per heavy atom. The highest BCUT2D eigenvalue weighted by Gasteiger charge is 2.15. The first kappa shape index (κ1) is 18.9. The van der Waals surface area contributed by atoms with Crippen LogP contribution in [0.15, 0.2) is 47.8 Å². The van der Waals surface area contributed by atoms with Crippen molar-refractivity contribution >= 4 is 28.3 Å². The van der Waals surface area contributed by atoms with Gasteiger partial charge in [-0.3, -0.25) is 9.59 Å². The molecule has 0 spiro atoms. The summed E-state index contributed by atoms with van der Waals surface area (Å²) in [6, 6.07) is 11.3. The first-order chi connectivity index (χ1) is 14.1. The van der Waals surface area contributed by atoms with Crippen molar-refractivity contribution in [1.29, 1.82) is 0 Å². The summed E-state index contributed by atoms with van der Waals surface area (Å²) in [5.41, 5.74) is 2.07. The lowest BCUT2D eigenvalue weighted by atomic mass is 10.1. The van der Waals surface area contributed by atoms with Gasteiger partial charge in [0.15, 0.2) is 16.6 Å². The molecular formula is C20H16FN3O4S. The molecule has 1 aliphatic rings. The topological polar surface area (TPSA) is 89.6 Å². The third-order valence-electron chi connectivity index (χ3n) is 4.12. The molecule has 7 nitrogen and oxygen atoms in total. The van der Waals surface area contributed by atoms with E-state index in [9.17, 15) is 14.0 Å². The van der Waals surface area contributed by atoms with E-state index in [1.165, 1.54) is 29.5 Å². The Bertz CT molecular complexity index is 1070. The summed E-state index contributed by atoms with van der Waals surface area (Å²) in [6.07, 6.45) is -0.00342. The number of carbonyl (C=O) groups excluding carboxylic acids is 2. The zero-order valence-electron chi connectivity index (χ0n) is 15.1. The monoisotopic (exact) mass is 413 g/mol. The number of aromatic nitrogens is 1. The van der Waals surface area contributed by atoms with Crippen molar-refractivity contribution in [2.75, 3.05) is 18.7 Å². The van der Waals surface area contributed by atoms with Gasteiger partial charge in [-0.25, -0.2) is 9.37 Å². The number of thiazole rings is 1. The summed E-state index contributed by atoms with van der Waals surface area (Å²) in [7, 11) is 0. The second kappa shape index (κ2) is 8.27. The van der Waals surface area contributed by atoms with Crippen LogP contribution in [0.2, 0.25) is 0 Å². The van der Waals surface area contributed by atoms with Crippen LogP contribution in [0.1, 0.15) is 5.56 Å². The van der Waals surface area contributed by atoms with Crippen molar-refractivity contribution in [3.63, 3.8) is 0 Å². The lowest BCUT2D eigenvalue weighted by Gasteiger charge is -2.05. The SMILES string of the molecule is O=C(Cc1cccc(F)c1)NCC(=O)Nc1nc(-c2ccc3c(c2)OCO3)cs1. The Morgan fingerprint density at radius 3 is 2.83 bits per heavy atom. The Kier molecular flexibility index (Phi) is 5.39. The molecule has 0 saturated heterocycles. The van der Waals surface area contributed by atoms with Crippen LogP contribution in [0.3, 0.4) is 0 Å². The van der Waals surface area contributed by atoms with Gasteiger partial charge in [0.05, 0.1) is 18.7 Å². The van der Waals surface area contributed by atoms with E-state index in [0.717, 1.165) is 5.56 Å². The number of fused-ring (bicyclic) bond motifs is 1.